The van der Waals surface area contributed by atoms with Crippen molar-refractivity contribution in [2.75, 3.05) is 13.2 Å². The zero-order chi connectivity index (χ0) is 20.9. The van der Waals surface area contributed by atoms with E-state index in [2.05, 4.69) is 19.9 Å². The molecule has 158 valence electrons. The van der Waals surface area contributed by atoms with Crippen molar-refractivity contribution < 1.29 is 13.9 Å². The van der Waals surface area contributed by atoms with E-state index in [1.807, 2.05) is 42.2 Å². The maximum atomic E-state index is 12.6. The molecule has 3 rings (SSSR count). The van der Waals surface area contributed by atoms with E-state index in [-0.39, 0.29) is 16.9 Å². The van der Waals surface area contributed by atoms with Gasteiger partial charge in [0.05, 0.1) is 18.4 Å². The second-order valence-corrected chi connectivity index (χ2v) is 9.21. The molecule has 29 heavy (non-hydrogen) atoms. The van der Waals surface area contributed by atoms with E-state index >= 15 is 0 Å². The van der Waals surface area contributed by atoms with Crippen LogP contribution < -0.4 is 0 Å². The molecular weight excluding hydrogens is 386 g/mol. The number of halogens is 1. The molecule has 5 heteroatoms. The Morgan fingerprint density at radius 1 is 1.21 bits per heavy atom. The van der Waals surface area contributed by atoms with Crippen LogP contribution in [0.15, 0.2) is 47.1 Å². The van der Waals surface area contributed by atoms with Gasteiger partial charge in [-0.15, -0.1) is 0 Å². The summed E-state index contributed by atoms with van der Waals surface area (Å²) in [6.07, 6.45) is 5.87. The third kappa shape index (κ3) is 5.86. The van der Waals surface area contributed by atoms with Crippen LogP contribution in [0.1, 0.15) is 57.8 Å². The Morgan fingerprint density at radius 2 is 2.00 bits per heavy atom. The normalized spacial score (nSPS) is 21.1. The van der Waals surface area contributed by atoms with Crippen LogP contribution in [0.2, 0.25) is 5.02 Å². The first-order valence-electron chi connectivity index (χ1n) is 10.5. The molecule has 2 heterocycles. The maximum absolute atomic E-state index is 12.6. The second-order valence-electron chi connectivity index (χ2n) is 8.80. The van der Waals surface area contributed by atoms with Gasteiger partial charge in [-0.05, 0) is 68.7 Å². The lowest BCUT2D eigenvalue weighted by atomic mass is 9.68. The average molecular weight is 418 g/mol. The number of ether oxygens (including phenoxy) is 1. The van der Waals surface area contributed by atoms with Gasteiger partial charge in [-0.1, -0.05) is 36.7 Å². The van der Waals surface area contributed by atoms with Crippen molar-refractivity contribution in [3.8, 4) is 0 Å². The lowest BCUT2D eigenvalue weighted by molar-refractivity contribution is -0.133. The molecule has 1 aliphatic rings. The third-order valence-corrected chi connectivity index (χ3v) is 6.31. The summed E-state index contributed by atoms with van der Waals surface area (Å²) in [7, 11) is 0. The Bertz CT molecular complexity index is 802. The molecule has 1 atom stereocenters. The Kier molecular flexibility index (Phi) is 7.07. The van der Waals surface area contributed by atoms with Gasteiger partial charge >= 0.3 is 0 Å². The van der Waals surface area contributed by atoms with Crippen LogP contribution in [0.25, 0.3) is 0 Å². The van der Waals surface area contributed by atoms with E-state index in [4.69, 9.17) is 20.8 Å². The highest BCUT2D eigenvalue weighted by Gasteiger charge is 2.41. The fourth-order valence-corrected chi connectivity index (χ4v) is 4.77. The van der Waals surface area contributed by atoms with Crippen molar-refractivity contribution in [1.82, 2.24) is 4.90 Å². The molecule has 0 N–H and O–H groups in total. The standard InChI is InChI=1S/C24H32ClNO3/c1-4-22(27)26(17-20-9-7-14-28-20)13-11-24(12-15-29-23(2,3)18-24)16-19-8-5-6-10-21(19)25/h5-10,14H,4,11-13,15-18H2,1-3H3/t24-/m1/s1. The third-order valence-electron chi connectivity index (χ3n) is 5.94. The molecule has 1 amide bonds. The van der Waals surface area contributed by atoms with Crippen molar-refractivity contribution in [2.45, 2.75) is 65.0 Å². The van der Waals surface area contributed by atoms with E-state index < -0.39 is 0 Å². The lowest BCUT2D eigenvalue weighted by Gasteiger charge is -2.46. The molecule has 1 aromatic carbocycles. The van der Waals surface area contributed by atoms with Crippen LogP contribution in [0.3, 0.4) is 0 Å². The van der Waals surface area contributed by atoms with Gasteiger partial charge in [0.2, 0.25) is 5.91 Å². The number of carbonyl (C=O) groups excluding carboxylic acids is 1. The summed E-state index contributed by atoms with van der Waals surface area (Å²) >= 11 is 6.50. The minimum Gasteiger partial charge on any atom is -0.467 e. The van der Waals surface area contributed by atoms with Gasteiger partial charge in [0.15, 0.2) is 0 Å². The fraction of sp³-hybridized carbons (Fsp3) is 0.542. The first kappa shape index (κ1) is 21.9. The van der Waals surface area contributed by atoms with Crippen LogP contribution in [-0.2, 0) is 22.5 Å². The average Bonchev–Trinajstić information content (AvgIpc) is 3.19. The fourth-order valence-electron chi connectivity index (χ4n) is 4.56. The molecule has 4 nitrogen and oxygen atoms in total. The summed E-state index contributed by atoms with van der Waals surface area (Å²) in [6.45, 7) is 8.18. The molecule has 1 aliphatic heterocycles. The molecular formula is C24H32ClNO3. The quantitative estimate of drug-likeness (QED) is 0.538. The largest absolute Gasteiger partial charge is 0.467 e. The van der Waals surface area contributed by atoms with E-state index in [1.165, 1.54) is 5.56 Å². The predicted octanol–water partition coefficient (Wildman–Crippen LogP) is 5.88. The number of nitrogens with zero attached hydrogens (tertiary/aromatic N) is 1. The highest BCUT2D eigenvalue weighted by Crippen LogP contribution is 2.45. The van der Waals surface area contributed by atoms with Crippen LogP contribution in [0, 0.1) is 5.41 Å². The number of hydrogen-bond acceptors (Lipinski definition) is 3. The van der Waals surface area contributed by atoms with Gasteiger partial charge in [0.25, 0.3) is 0 Å². The molecule has 0 radical (unpaired) electrons. The van der Waals surface area contributed by atoms with Gasteiger partial charge in [0.1, 0.15) is 5.76 Å². The predicted molar refractivity (Wildman–Crippen MR) is 116 cm³/mol. The Labute approximate surface area is 179 Å². The molecule has 1 fully saturated rings. The van der Waals surface area contributed by atoms with Gasteiger partial charge in [0, 0.05) is 24.6 Å². The number of hydrogen-bond donors (Lipinski definition) is 0. The minimum atomic E-state index is -0.180. The van der Waals surface area contributed by atoms with Crippen LogP contribution >= 0.6 is 11.6 Å². The second kappa shape index (κ2) is 9.36. The highest BCUT2D eigenvalue weighted by molar-refractivity contribution is 6.31. The first-order valence-corrected chi connectivity index (χ1v) is 10.9. The van der Waals surface area contributed by atoms with Crippen LogP contribution in [-0.4, -0.2) is 29.6 Å². The number of carbonyl (C=O) groups is 1. The Morgan fingerprint density at radius 3 is 2.66 bits per heavy atom. The Balaban J connectivity index is 1.80. The van der Waals surface area contributed by atoms with E-state index in [0.717, 1.165) is 43.1 Å². The zero-order valence-electron chi connectivity index (χ0n) is 17.7. The van der Waals surface area contributed by atoms with Crippen molar-refractivity contribution in [3.05, 3.63) is 59.0 Å². The number of furan rings is 1. The first-order chi connectivity index (χ1) is 13.8. The molecule has 0 spiro atoms. The zero-order valence-corrected chi connectivity index (χ0v) is 18.5. The van der Waals surface area contributed by atoms with Crippen molar-refractivity contribution in [1.29, 1.82) is 0 Å². The Hall–Kier alpha value is -1.78. The van der Waals surface area contributed by atoms with Gasteiger partial charge in [-0.3, -0.25) is 4.79 Å². The van der Waals surface area contributed by atoms with E-state index in [1.54, 1.807) is 6.26 Å². The molecule has 0 aliphatic carbocycles. The van der Waals surface area contributed by atoms with E-state index in [9.17, 15) is 4.79 Å². The van der Waals surface area contributed by atoms with Crippen LogP contribution in [0.4, 0.5) is 0 Å². The summed E-state index contributed by atoms with van der Waals surface area (Å²) in [5.74, 6) is 0.972. The summed E-state index contributed by atoms with van der Waals surface area (Å²) in [6, 6.07) is 11.9. The number of benzene rings is 1. The topological polar surface area (TPSA) is 42.7 Å². The smallest absolute Gasteiger partial charge is 0.222 e. The van der Waals surface area contributed by atoms with Crippen molar-refractivity contribution in [2.24, 2.45) is 5.41 Å². The summed E-state index contributed by atoms with van der Waals surface area (Å²) in [5.41, 5.74) is 1.04. The van der Waals surface area contributed by atoms with E-state index in [0.29, 0.717) is 19.5 Å². The highest BCUT2D eigenvalue weighted by atomic mass is 35.5. The molecule has 1 aromatic heterocycles. The monoisotopic (exact) mass is 417 g/mol. The minimum absolute atomic E-state index is 0.0438. The number of rotatable bonds is 8. The van der Waals surface area contributed by atoms with Gasteiger partial charge in [-0.25, -0.2) is 0 Å². The maximum Gasteiger partial charge on any atom is 0.222 e. The van der Waals surface area contributed by atoms with Crippen molar-refractivity contribution in [3.63, 3.8) is 0 Å². The molecule has 0 saturated carbocycles. The molecule has 0 bridgehead atoms. The molecule has 0 unspecified atom stereocenters. The SMILES string of the molecule is CCC(=O)N(CC[C@]1(Cc2ccccc2Cl)CCOC(C)(C)C1)Cc1ccco1. The van der Waals surface area contributed by atoms with Crippen molar-refractivity contribution >= 4 is 17.5 Å². The van der Waals surface area contributed by atoms with Gasteiger partial charge < -0.3 is 14.1 Å². The summed E-state index contributed by atoms with van der Waals surface area (Å²) in [4.78, 5) is 14.5. The summed E-state index contributed by atoms with van der Waals surface area (Å²) < 4.78 is 11.5. The van der Waals surface area contributed by atoms with Crippen LogP contribution in [0.5, 0.6) is 0 Å². The lowest BCUT2D eigenvalue weighted by Crippen LogP contribution is -2.44. The molecule has 2 aromatic rings. The number of amides is 1. The van der Waals surface area contributed by atoms with Gasteiger partial charge in [-0.2, -0.15) is 0 Å². The summed E-state index contributed by atoms with van der Waals surface area (Å²) in [5, 5.41) is 0.813. The molecule has 1 saturated heterocycles.